The lowest BCUT2D eigenvalue weighted by Gasteiger charge is -2.37. The topological polar surface area (TPSA) is 82.2 Å². The van der Waals surface area contributed by atoms with Gasteiger partial charge in [0.15, 0.2) is 0 Å². The Kier molecular flexibility index (Phi) is 5.08. The molecule has 3 atom stereocenters. The van der Waals surface area contributed by atoms with Gasteiger partial charge in [0.05, 0.1) is 29.4 Å². The summed E-state index contributed by atoms with van der Waals surface area (Å²) in [6.07, 6.45) is 1.82. The van der Waals surface area contributed by atoms with Gasteiger partial charge in [0.25, 0.3) is 10.2 Å². The molecule has 3 fully saturated rings. The van der Waals surface area contributed by atoms with Gasteiger partial charge in [-0.05, 0) is 65.9 Å². The van der Waals surface area contributed by atoms with E-state index in [2.05, 4.69) is 42.4 Å². The Morgan fingerprint density at radius 2 is 1.76 bits per heavy atom. The number of nitrogens with zero attached hydrogens (tertiary/aromatic N) is 5. The first-order valence-electron chi connectivity index (χ1n) is 12.8. The highest BCUT2D eigenvalue weighted by Gasteiger charge is 2.72. The van der Waals surface area contributed by atoms with E-state index < -0.39 is 10.2 Å². The van der Waals surface area contributed by atoms with Crippen LogP contribution in [0.15, 0.2) is 72.9 Å². The summed E-state index contributed by atoms with van der Waals surface area (Å²) in [6, 6.07) is 23.0. The third-order valence-electron chi connectivity index (χ3n) is 8.68. The predicted molar refractivity (Wildman–Crippen MR) is 141 cm³/mol. The summed E-state index contributed by atoms with van der Waals surface area (Å²) >= 11 is 0. The molecule has 0 amide bonds. The zero-order chi connectivity index (χ0) is 26.2. The highest BCUT2D eigenvalue weighted by Crippen LogP contribution is 2.70. The second kappa shape index (κ2) is 8.21. The van der Waals surface area contributed by atoms with Crippen LogP contribution >= 0.6 is 0 Å². The van der Waals surface area contributed by atoms with E-state index in [-0.39, 0.29) is 42.1 Å². The molecule has 7 nitrogen and oxygen atoms in total. The molecule has 38 heavy (non-hydrogen) atoms. The highest BCUT2D eigenvalue weighted by atomic mass is 32.2. The van der Waals surface area contributed by atoms with Crippen molar-refractivity contribution in [1.82, 2.24) is 18.4 Å². The quantitative estimate of drug-likeness (QED) is 0.391. The van der Waals surface area contributed by atoms with E-state index in [1.165, 1.54) is 22.0 Å². The molecule has 0 spiro atoms. The van der Waals surface area contributed by atoms with E-state index in [9.17, 15) is 12.8 Å². The molecule has 1 aromatic heterocycles. The molecule has 0 radical (unpaired) electrons. The minimum Gasteiger partial charge on any atom is -0.233 e. The molecule has 2 aliphatic heterocycles. The summed E-state index contributed by atoms with van der Waals surface area (Å²) in [5.74, 6) is -0.135. The number of nitriles is 1. The molecule has 3 unspecified atom stereocenters. The fourth-order valence-corrected chi connectivity index (χ4v) is 8.52. The average molecular weight is 528 g/mol. The van der Waals surface area contributed by atoms with Gasteiger partial charge in [-0.2, -0.15) is 27.4 Å². The smallest absolute Gasteiger partial charge is 0.233 e. The summed E-state index contributed by atoms with van der Waals surface area (Å²) in [6.45, 7) is 3.48. The van der Waals surface area contributed by atoms with Gasteiger partial charge in [0.2, 0.25) is 0 Å². The van der Waals surface area contributed by atoms with Gasteiger partial charge < -0.3 is 0 Å². The lowest BCUT2D eigenvalue weighted by atomic mass is 9.87. The van der Waals surface area contributed by atoms with E-state index in [1.807, 2.05) is 29.1 Å². The van der Waals surface area contributed by atoms with Crippen molar-refractivity contribution in [3.63, 3.8) is 0 Å². The van der Waals surface area contributed by atoms with Crippen LogP contribution in [-0.2, 0) is 15.6 Å². The normalized spacial score (nSPS) is 25.7. The molecule has 0 bridgehead atoms. The zero-order valence-electron chi connectivity index (χ0n) is 20.8. The van der Waals surface area contributed by atoms with Crippen LogP contribution in [-0.4, -0.2) is 53.0 Å². The van der Waals surface area contributed by atoms with Gasteiger partial charge in [-0.25, -0.2) is 9.07 Å². The molecule has 4 aromatic rings. The summed E-state index contributed by atoms with van der Waals surface area (Å²) in [5, 5.41) is 14.7. The van der Waals surface area contributed by atoms with Gasteiger partial charge in [-0.3, -0.25) is 0 Å². The van der Waals surface area contributed by atoms with Gasteiger partial charge in [-0.15, -0.1) is 0 Å². The summed E-state index contributed by atoms with van der Waals surface area (Å²) in [4.78, 5) is 0. The number of benzene rings is 3. The van der Waals surface area contributed by atoms with Crippen LogP contribution in [0.1, 0.15) is 22.6 Å². The second-order valence-corrected chi connectivity index (χ2v) is 12.7. The van der Waals surface area contributed by atoms with Crippen LogP contribution in [0.25, 0.3) is 16.6 Å². The predicted octanol–water partition coefficient (Wildman–Crippen LogP) is 4.14. The maximum atomic E-state index is 13.5. The first-order chi connectivity index (χ1) is 18.3. The third-order valence-corrected chi connectivity index (χ3v) is 10.6. The number of hydrogen-bond acceptors (Lipinski definition) is 4. The number of aromatic nitrogens is 2. The van der Waals surface area contributed by atoms with Gasteiger partial charge >= 0.3 is 0 Å². The number of fused-ring (bicyclic) bond motifs is 2. The molecular weight excluding hydrogens is 501 g/mol. The van der Waals surface area contributed by atoms with Crippen LogP contribution in [0.2, 0.25) is 0 Å². The summed E-state index contributed by atoms with van der Waals surface area (Å²) in [5.41, 5.74) is 4.83. The van der Waals surface area contributed by atoms with Crippen molar-refractivity contribution in [2.75, 3.05) is 26.2 Å². The molecule has 3 aromatic carbocycles. The Balaban J connectivity index is 1.29. The van der Waals surface area contributed by atoms with Crippen molar-refractivity contribution >= 4 is 21.1 Å². The van der Waals surface area contributed by atoms with Crippen molar-refractivity contribution in [3.8, 4) is 11.8 Å². The van der Waals surface area contributed by atoms with Crippen molar-refractivity contribution in [2.45, 2.75) is 18.3 Å². The maximum Gasteiger partial charge on any atom is 0.282 e. The second-order valence-electron chi connectivity index (χ2n) is 10.7. The Morgan fingerprint density at radius 1 is 1.03 bits per heavy atom. The SMILES string of the molecule is Cc1cc2c(cnn2-c2ccc(F)cc2)cc1C12CN(S(=O)(=O)N3CC(C#N)C3)CC1C2c1ccccc1. The third kappa shape index (κ3) is 3.30. The lowest BCUT2D eigenvalue weighted by Crippen LogP contribution is -2.55. The average Bonchev–Trinajstić information content (AvgIpc) is 3.15. The van der Waals surface area contributed by atoms with Crippen molar-refractivity contribution in [3.05, 3.63) is 95.4 Å². The molecule has 1 aliphatic carbocycles. The van der Waals surface area contributed by atoms with Crippen LogP contribution < -0.4 is 0 Å². The van der Waals surface area contributed by atoms with Crippen molar-refractivity contribution < 1.29 is 12.8 Å². The first-order valence-corrected chi connectivity index (χ1v) is 14.2. The Bertz CT molecular complexity index is 1710. The lowest BCUT2D eigenvalue weighted by molar-refractivity contribution is 0.227. The fraction of sp³-hybridized carbons (Fsp3) is 0.310. The van der Waals surface area contributed by atoms with Crippen LogP contribution in [0, 0.1) is 35.9 Å². The van der Waals surface area contributed by atoms with Gasteiger partial charge in [0, 0.05) is 42.9 Å². The Hall–Kier alpha value is -3.58. The first kappa shape index (κ1) is 23.5. The van der Waals surface area contributed by atoms with E-state index in [0.717, 1.165) is 27.7 Å². The van der Waals surface area contributed by atoms with Gasteiger partial charge in [0.1, 0.15) is 5.82 Å². The Morgan fingerprint density at radius 3 is 2.47 bits per heavy atom. The minimum absolute atomic E-state index is 0.163. The Labute approximate surface area is 220 Å². The monoisotopic (exact) mass is 527 g/mol. The number of rotatable bonds is 5. The summed E-state index contributed by atoms with van der Waals surface area (Å²) in [7, 11) is -3.62. The van der Waals surface area contributed by atoms with Crippen molar-refractivity contribution in [2.24, 2.45) is 11.8 Å². The van der Waals surface area contributed by atoms with Gasteiger partial charge in [-0.1, -0.05) is 30.3 Å². The molecule has 1 saturated carbocycles. The molecule has 2 saturated heterocycles. The molecule has 0 N–H and O–H groups in total. The number of halogens is 1. The van der Waals surface area contributed by atoms with Crippen LogP contribution in [0.3, 0.4) is 0 Å². The van der Waals surface area contributed by atoms with E-state index in [0.29, 0.717) is 13.1 Å². The number of piperidine rings is 1. The molecule has 192 valence electrons. The van der Waals surface area contributed by atoms with Crippen molar-refractivity contribution in [1.29, 1.82) is 5.26 Å². The standard InChI is InChI=1S/C29H26FN5O2S/c1-19-11-27-22(14-32-35(27)24-9-7-23(30)8-10-24)12-25(19)29-18-34(38(36,37)33-15-20(13-31)16-33)17-26(29)28(29)21-5-3-2-4-6-21/h2-12,14,20,26,28H,15-18H2,1H3. The zero-order valence-corrected chi connectivity index (χ0v) is 21.6. The molecular formula is C29H26FN5O2S. The number of aryl methyl sites for hydroxylation is 1. The molecule has 7 rings (SSSR count). The minimum atomic E-state index is -3.62. The fourth-order valence-electron chi connectivity index (χ4n) is 6.74. The number of hydrogen-bond donors (Lipinski definition) is 0. The van der Waals surface area contributed by atoms with E-state index in [1.54, 1.807) is 16.4 Å². The van der Waals surface area contributed by atoms with E-state index in [4.69, 9.17) is 5.26 Å². The molecule has 9 heteroatoms. The van der Waals surface area contributed by atoms with E-state index >= 15 is 0 Å². The van der Waals surface area contributed by atoms with Crippen LogP contribution in [0.5, 0.6) is 0 Å². The highest BCUT2D eigenvalue weighted by molar-refractivity contribution is 7.86. The molecule has 3 heterocycles. The molecule has 3 aliphatic rings. The maximum absolute atomic E-state index is 13.5. The summed E-state index contributed by atoms with van der Waals surface area (Å²) < 4.78 is 45.2. The largest absolute Gasteiger partial charge is 0.282 e. The van der Waals surface area contributed by atoms with Crippen LogP contribution in [0.4, 0.5) is 4.39 Å².